The van der Waals surface area contributed by atoms with Crippen LogP contribution in [0, 0.1) is 6.92 Å². The molecule has 0 saturated carbocycles. The summed E-state index contributed by atoms with van der Waals surface area (Å²) in [6, 6.07) is 4.96. The molecule has 1 atom stereocenters. The Morgan fingerprint density at radius 2 is 2.04 bits per heavy atom. The predicted molar refractivity (Wildman–Crippen MR) is 89.4 cm³/mol. The van der Waals surface area contributed by atoms with E-state index in [2.05, 4.69) is 15.4 Å². The molecule has 1 aromatic heterocycles. The summed E-state index contributed by atoms with van der Waals surface area (Å²) in [5, 5.41) is 16.7. The Labute approximate surface area is 152 Å². The number of ether oxygens (including phenoxy) is 1. The van der Waals surface area contributed by atoms with Crippen LogP contribution < -0.4 is 5.32 Å². The number of nitrogens with zero attached hydrogens (tertiary/aromatic N) is 3. The van der Waals surface area contributed by atoms with E-state index in [0.29, 0.717) is 21.6 Å². The number of carbonyl (C=O) groups is 2. The predicted octanol–water partition coefficient (Wildman–Crippen LogP) is 1.86. The van der Waals surface area contributed by atoms with E-state index in [0.717, 1.165) is 0 Å². The van der Waals surface area contributed by atoms with Gasteiger partial charge in [-0.25, -0.2) is 14.5 Å². The highest BCUT2D eigenvalue weighted by molar-refractivity contribution is 6.37. The lowest BCUT2D eigenvalue weighted by atomic mass is 9.99. The van der Waals surface area contributed by atoms with Crippen LogP contribution >= 0.6 is 23.2 Å². The van der Waals surface area contributed by atoms with Gasteiger partial charge in [0.25, 0.3) is 5.91 Å². The van der Waals surface area contributed by atoms with Crippen LogP contribution in [0.1, 0.15) is 22.9 Å². The van der Waals surface area contributed by atoms with Gasteiger partial charge in [-0.3, -0.25) is 4.79 Å². The number of aryl methyl sites for hydroxylation is 1. The molecule has 0 spiro atoms. The molecule has 132 valence electrons. The quantitative estimate of drug-likeness (QED) is 0.832. The van der Waals surface area contributed by atoms with Crippen LogP contribution in [0.5, 0.6) is 0 Å². The second kappa shape index (κ2) is 6.62. The van der Waals surface area contributed by atoms with Gasteiger partial charge < -0.3 is 15.2 Å². The minimum atomic E-state index is -1.47. The van der Waals surface area contributed by atoms with Gasteiger partial charge in [-0.05, 0) is 19.1 Å². The van der Waals surface area contributed by atoms with E-state index in [-0.39, 0.29) is 25.5 Å². The SMILES string of the molecule is Cc1nc(C(=O)NC2(C(=O)O)CCOC2)nn1-c1c(Cl)cccc1Cl. The molecule has 2 heterocycles. The Kier molecular flexibility index (Phi) is 4.68. The number of nitrogens with one attached hydrogen (secondary N) is 1. The number of benzene rings is 1. The maximum atomic E-state index is 12.4. The van der Waals surface area contributed by atoms with E-state index >= 15 is 0 Å². The van der Waals surface area contributed by atoms with Gasteiger partial charge in [0, 0.05) is 13.0 Å². The topological polar surface area (TPSA) is 106 Å². The molecule has 2 aromatic rings. The first-order valence-electron chi connectivity index (χ1n) is 7.36. The molecule has 2 N–H and O–H groups in total. The summed E-state index contributed by atoms with van der Waals surface area (Å²) in [5.74, 6) is -1.67. The van der Waals surface area contributed by atoms with Gasteiger partial charge in [0.1, 0.15) is 11.5 Å². The van der Waals surface area contributed by atoms with Crippen LogP contribution in [0.15, 0.2) is 18.2 Å². The lowest BCUT2D eigenvalue weighted by Gasteiger charge is -2.22. The van der Waals surface area contributed by atoms with Gasteiger partial charge in [0.05, 0.1) is 16.7 Å². The molecule has 1 saturated heterocycles. The van der Waals surface area contributed by atoms with Crippen molar-refractivity contribution in [2.45, 2.75) is 18.9 Å². The normalized spacial score (nSPS) is 19.8. The number of para-hydroxylation sites is 1. The molecule has 0 aliphatic carbocycles. The number of carboxylic acid groups (broad SMARTS) is 1. The van der Waals surface area contributed by atoms with E-state index in [1.807, 2.05) is 0 Å². The zero-order chi connectivity index (χ0) is 18.2. The molecule has 0 radical (unpaired) electrons. The van der Waals surface area contributed by atoms with Crippen LogP contribution in [0.4, 0.5) is 0 Å². The number of hydrogen-bond acceptors (Lipinski definition) is 5. The minimum Gasteiger partial charge on any atom is -0.479 e. The molecule has 3 rings (SSSR count). The van der Waals surface area contributed by atoms with Crippen LogP contribution in [0.3, 0.4) is 0 Å². The van der Waals surface area contributed by atoms with Crippen molar-refractivity contribution >= 4 is 35.1 Å². The van der Waals surface area contributed by atoms with Crippen LogP contribution in [-0.4, -0.2) is 50.5 Å². The van der Waals surface area contributed by atoms with E-state index < -0.39 is 17.4 Å². The highest BCUT2D eigenvalue weighted by atomic mass is 35.5. The summed E-state index contributed by atoms with van der Waals surface area (Å²) in [6.07, 6.45) is 0.171. The third-order valence-corrected chi connectivity index (χ3v) is 4.52. The summed E-state index contributed by atoms with van der Waals surface area (Å²) in [7, 11) is 0. The standard InChI is InChI=1S/C15H14Cl2N4O4/c1-8-18-12(13(22)19-15(14(23)24)5-6-25-7-15)20-21(8)11-9(16)3-2-4-10(11)17/h2-4H,5-7H2,1H3,(H,19,22)(H,23,24). The minimum absolute atomic E-state index is 0.107. The fourth-order valence-electron chi connectivity index (χ4n) is 2.55. The molecule has 1 aromatic carbocycles. The molecule has 1 unspecified atom stereocenters. The van der Waals surface area contributed by atoms with Crippen LogP contribution in [0.25, 0.3) is 5.69 Å². The van der Waals surface area contributed by atoms with Crippen molar-refractivity contribution in [3.05, 3.63) is 39.9 Å². The van der Waals surface area contributed by atoms with E-state index in [1.165, 1.54) is 4.68 Å². The van der Waals surface area contributed by atoms with E-state index in [9.17, 15) is 14.7 Å². The third-order valence-electron chi connectivity index (χ3n) is 3.91. The van der Waals surface area contributed by atoms with Gasteiger partial charge in [-0.1, -0.05) is 29.3 Å². The Morgan fingerprint density at radius 3 is 2.60 bits per heavy atom. The number of aliphatic carboxylic acids is 1. The van der Waals surface area contributed by atoms with Crippen molar-refractivity contribution in [2.75, 3.05) is 13.2 Å². The molecule has 0 bridgehead atoms. The molecule has 25 heavy (non-hydrogen) atoms. The molecule has 1 fully saturated rings. The van der Waals surface area contributed by atoms with E-state index in [4.69, 9.17) is 27.9 Å². The number of carboxylic acids is 1. The number of amides is 1. The number of hydrogen-bond donors (Lipinski definition) is 2. The maximum absolute atomic E-state index is 12.4. The average molecular weight is 385 g/mol. The Bertz CT molecular complexity index is 826. The van der Waals surface area contributed by atoms with Gasteiger partial charge >= 0.3 is 5.97 Å². The van der Waals surface area contributed by atoms with Crippen molar-refractivity contribution in [1.29, 1.82) is 0 Å². The maximum Gasteiger partial charge on any atom is 0.331 e. The van der Waals surface area contributed by atoms with Crippen LogP contribution in [-0.2, 0) is 9.53 Å². The van der Waals surface area contributed by atoms with Gasteiger partial charge in [0.15, 0.2) is 5.54 Å². The molecule has 10 heteroatoms. The number of aromatic nitrogens is 3. The molecule has 1 aliphatic rings. The fraction of sp³-hybridized carbons (Fsp3) is 0.333. The summed E-state index contributed by atoms with van der Waals surface area (Å²) in [6.45, 7) is 1.78. The van der Waals surface area contributed by atoms with Gasteiger partial charge in [0.2, 0.25) is 5.82 Å². The monoisotopic (exact) mass is 384 g/mol. The van der Waals surface area contributed by atoms with Crippen molar-refractivity contribution in [2.24, 2.45) is 0 Å². The first-order chi connectivity index (χ1) is 11.8. The second-order valence-corrected chi connectivity index (χ2v) is 6.42. The van der Waals surface area contributed by atoms with Gasteiger partial charge in [-0.15, -0.1) is 5.10 Å². The van der Waals surface area contributed by atoms with Crippen molar-refractivity contribution < 1.29 is 19.4 Å². The molecule has 8 nitrogen and oxygen atoms in total. The second-order valence-electron chi connectivity index (χ2n) is 5.61. The summed E-state index contributed by atoms with van der Waals surface area (Å²) < 4.78 is 6.46. The third kappa shape index (κ3) is 3.20. The lowest BCUT2D eigenvalue weighted by molar-refractivity contribution is -0.144. The van der Waals surface area contributed by atoms with Gasteiger partial charge in [-0.2, -0.15) is 0 Å². The molecular formula is C15H14Cl2N4O4. The lowest BCUT2D eigenvalue weighted by Crippen LogP contribution is -2.55. The van der Waals surface area contributed by atoms with Crippen LogP contribution in [0.2, 0.25) is 10.0 Å². The zero-order valence-corrected chi connectivity index (χ0v) is 14.6. The highest BCUT2D eigenvalue weighted by Gasteiger charge is 2.44. The Balaban J connectivity index is 1.92. The largest absolute Gasteiger partial charge is 0.479 e. The Morgan fingerprint density at radius 1 is 1.36 bits per heavy atom. The number of halogens is 2. The fourth-order valence-corrected chi connectivity index (χ4v) is 3.11. The van der Waals surface area contributed by atoms with E-state index in [1.54, 1.807) is 25.1 Å². The molecule has 1 amide bonds. The first kappa shape index (κ1) is 17.7. The Hall–Kier alpha value is -2.16. The van der Waals surface area contributed by atoms with Crippen molar-refractivity contribution in [1.82, 2.24) is 20.1 Å². The zero-order valence-electron chi connectivity index (χ0n) is 13.1. The summed E-state index contributed by atoms with van der Waals surface area (Å²) >= 11 is 12.3. The number of carbonyl (C=O) groups excluding carboxylic acids is 1. The van der Waals surface area contributed by atoms with Crippen molar-refractivity contribution in [3.8, 4) is 5.69 Å². The number of rotatable bonds is 4. The highest BCUT2D eigenvalue weighted by Crippen LogP contribution is 2.28. The smallest absolute Gasteiger partial charge is 0.331 e. The first-order valence-corrected chi connectivity index (χ1v) is 8.11. The summed E-state index contributed by atoms with van der Waals surface area (Å²) in [4.78, 5) is 28.0. The average Bonchev–Trinajstić information content (AvgIpc) is 3.16. The summed E-state index contributed by atoms with van der Waals surface area (Å²) in [5.41, 5.74) is -1.08. The molecular weight excluding hydrogens is 371 g/mol. The molecule has 1 aliphatic heterocycles. The van der Waals surface area contributed by atoms with Crippen molar-refractivity contribution in [3.63, 3.8) is 0 Å².